The van der Waals surface area contributed by atoms with Gasteiger partial charge in [0.2, 0.25) is 0 Å². The van der Waals surface area contributed by atoms with Crippen molar-refractivity contribution in [2.24, 2.45) is 0 Å². The van der Waals surface area contributed by atoms with Crippen LogP contribution in [0.2, 0.25) is 0 Å². The summed E-state index contributed by atoms with van der Waals surface area (Å²) < 4.78 is 86.9. The molecule has 5 rings (SSSR count). The molecule has 1 unspecified atom stereocenters. The number of H-pyrrole nitrogens is 1. The van der Waals surface area contributed by atoms with Crippen molar-refractivity contribution in [1.29, 1.82) is 0 Å². The summed E-state index contributed by atoms with van der Waals surface area (Å²) in [5.74, 6) is -0.611. The van der Waals surface area contributed by atoms with Crippen molar-refractivity contribution in [3.05, 3.63) is 59.0 Å². The minimum atomic E-state index is -3.13. The standard InChI is InChI=1S/C28H32F6N4O/c1-16-12-21-19-4-2-5-22(30)25(19)36-26(21)27(38(16)15-24(31)32)20-7-6-17(13-23(20)39-28(33)34)35-18-8-11-37(14-18)10-3-9-29/h2,4-7,13,16,18,24,27-28,35-36H,3,8-12,14-15H2,1H3/t16-,18+,27?/m1/s1. The number of alkyl halides is 5. The molecular formula is C28H32F6N4O. The van der Waals surface area contributed by atoms with Gasteiger partial charge < -0.3 is 19.9 Å². The SMILES string of the molecule is C[C@@H]1Cc2c([nH]c3c(F)cccc23)C(c2ccc(N[C@H]3CCN(CCCF)C3)cc2OC(F)F)N1CC(F)F. The van der Waals surface area contributed by atoms with E-state index >= 15 is 0 Å². The average molecular weight is 555 g/mol. The van der Waals surface area contributed by atoms with Gasteiger partial charge in [-0.15, -0.1) is 0 Å². The molecule has 11 heteroatoms. The first kappa shape index (κ1) is 27.6. The summed E-state index contributed by atoms with van der Waals surface area (Å²) in [7, 11) is 0. The van der Waals surface area contributed by atoms with Gasteiger partial charge in [0.1, 0.15) is 11.6 Å². The van der Waals surface area contributed by atoms with Gasteiger partial charge in [-0.25, -0.2) is 13.2 Å². The van der Waals surface area contributed by atoms with E-state index in [4.69, 9.17) is 4.74 Å². The molecule has 0 aliphatic carbocycles. The molecule has 2 aliphatic heterocycles. The van der Waals surface area contributed by atoms with Gasteiger partial charge >= 0.3 is 6.61 Å². The normalized spacial score (nSPS) is 22.2. The van der Waals surface area contributed by atoms with Crippen molar-refractivity contribution in [1.82, 2.24) is 14.8 Å². The molecule has 0 spiro atoms. The van der Waals surface area contributed by atoms with E-state index in [1.165, 1.54) is 12.1 Å². The molecule has 5 nitrogen and oxygen atoms in total. The van der Waals surface area contributed by atoms with Crippen molar-refractivity contribution >= 4 is 16.6 Å². The number of aromatic nitrogens is 1. The number of fused-ring (bicyclic) bond motifs is 3. The first-order chi connectivity index (χ1) is 18.7. The van der Waals surface area contributed by atoms with Crippen LogP contribution >= 0.6 is 0 Å². The molecule has 1 aromatic heterocycles. The van der Waals surface area contributed by atoms with Crippen LogP contribution < -0.4 is 10.1 Å². The molecule has 3 heterocycles. The number of benzene rings is 2. The van der Waals surface area contributed by atoms with Crippen molar-refractivity contribution in [2.75, 3.05) is 38.2 Å². The van der Waals surface area contributed by atoms with Crippen molar-refractivity contribution in [3.63, 3.8) is 0 Å². The quantitative estimate of drug-likeness (QED) is 0.287. The lowest BCUT2D eigenvalue weighted by Crippen LogP contribution is -2.45. The first-order valence-electron chi connectivity index (χ1n) is 13.2. The largest absolute Gasteiger partial charge is 0.434 e. The van der Waals surface area contributed by atoms with Crippen LogP contribution in [0.1, 0.15) is 42.6 Å². The van der Waals surface area contributed by atoms with Crippen LogP contribution in [0.4, 0.5) is 32.0 Å². The third-order valence-electron chi connectivity index (χ3n) is 7.72. The lowest BCUT2D eigenvalue weighted by atomic mass is 9.88. The molecule has 0 bridgehead atoms. The molecule has 1 saturated heterocycles. The van der Waals surface area contributed by atoms with Crippen LogP contribution in [0.3, 0.4) is 0 Å². The molecular weight excluding hydrogens is 522 g/mol. The van der Waals surface area contributed by atoms with Gasteiger partial charge in [0.25, 0.3) is 6.43 Å². The Labute approximate surface area is 223 Å². The summed E-state index contributed by atoms with van der Waals surface area (Å²) >= 11 is 0. The Morgan fingerprint density at radius 1 is 1.15 bits per heavy atom. The molecule has 0 radical (unpaired) electrons. The predicted molar refractivity (Wildman–Crippen MR) is 138 cm³/mol. The number of nitrogens with one attached hydrogen (secondary N) is 2. The summed E-state index contributed by atoms with van der Waals surface area (Å²) in [4.78, 5) is 6.78. The Morgan fingerprint density at radius 2 is 1.97 bits per heavy atom. The van der Waals surface area contributed by atoms with Crippen LogP contribution in [0.15, 0.2) is 36.4 Å². The zero-order valence-electron chi connectivity index (χ0n) is 21.6. The third kappa shape index (κ3) is 5.84. The Bertz CT molecular complexity index is 1280. The molecule has 2 aromatic carbocycles. The number of ether oxygens (including phenoxy) is 1. The Hall–Kier alpha value is -2.92. The lowest BCUT2D eigenvalue weighted by Gasteiger charge is -2.41. The van der Waals surface area contributed by atoms with Gasteiger partial charge in [0, 0.05) is 60.1 Å². The maximum atomic E-state index is 14.7. The van der Waals surface area contributed by atoms with E-state index in [9.17, 15) is 26.3 Å². The summed E-state index contributed by atoms with van der Waals surface area (Å²) in [5, 5.41) is 3.99. The topological polar surface area (TPSA) is 43.5 Å². The maximum absolute atomic E-state index is 14.7. The number of anilines is 1. The van der Waals surface area contributed by atoms with E-state index in [-0.39, 0.29) is 35.6 Å². The third-order valence-corrected chi connectivity index (χ3v) is 7.72. The molecule has 1 fully saturated rings. The molecule has 0 amide bonds. The Balaban J connectivity index is 1.53. The fourth-order valence-corrected chi connectivity index (χ4v) is 6.04. The van der Waals surface area contributed by atoms with Crippen molar-refractivity contribution in [3.8, 4) is 5.75 Å². The number of aromatic amines is 1. The average Bonchev–Trinajstić information content (AvgIpc) is 3.48. The fraction of sp³-hybridized carbons (Fsp3) is 0.500. The zero-order chi connectivity index (χ0) is 27.7. The number of hydrogen-bond acceptors (Lipinski definition) is 4. The first-order valence-corrected chi connectivity index (χ1v) is 13.2. The highest BCUT2D eigenvalue weighted by atomic mass is 19.3. The van der Waals surface area contributed by atoms with E-state index in [0.717, 1.165) is 18.5 Å². The Morgan fingerprint density at radius 3 is 2.72 bits per heavy atom. The number of nitrogens with zero attached hydrogens (tertiary/aromatic N) is 2. The van der Waals surface area contributed by atoms with Gasteiger partial charge in [-0.3, -0.25) is 9.29 Å². The molecule has 2 aliphatic rings. The number of para-hydroxylation sites is 1. The van der Waals surface area contributed by atoms with E-state index < -0.39 is 31.4 Å². The summed E-state index contributed by atoms with van der Waals surface area (Å²) in [6, 6.07) is 8.26. The smallest absolute Gasteiger partial charge is 0.387 e. The van der Waals surface area contributed by atoms with Gasteiger partial charge in [-0.05, 0) is 43.9 Å². The predicted octanol–water partition coefficient (Wildman–Crippen LogP) is 6.36. The van der Waals surface area contributed by atoms with Crippen LogP contribution in [0, 0.1) is 5.82 Å². The Kier molecular flexibility index (Phi) is 8.27. The second kappa shape index (κ2) is 11.7. The van der Waals surface area contributed by atoms with Crippen LogP contribution in [0.25, 0.3) is 10.9 Å². The second-order valence-electron chi connectivity index (χ2n) is 10.3. The van der Waals surface area contributed by atoms with Gasteiger partial charge in [0.05, 0.1) is 24.8 Å². The summed E-state index contributed by atoms with van der Waals surface area (Å²) in [5.41, 5.74) is 2.37. The van der Waals surface area contributed by atoms with Gasteiger partial charge in [0.15, 0.2) is 0 Å². The summed E-state index contributed by atoms with van der Waals surface area (Å²) in [6.07, 6.45) is -0.998. The molecule has 3 atom stereocenters. The van der Waals surface area contributed by atoms with E-state index in [1.807, 2.05) is 0 Å². The fourth-order valence-electron chi connectivity index (χ4n) is 6.04. The van der Waals surface area contributed by atoms with E-state index in [2.05, 4.69) is 15.2 Å². The van der Waals surface area contributed by atoms with E-state index in [1.54, 1.807) is 36.1 Å². The minimum Gasteiger partial charge on any atom is -0.434 e. The number of hydrogen-bond donors (Lipinski definition) is 2. The number of halogens is 6. The van der Waals surface area contributed by atoms with Gasteiger partial charge in [-0.1, -0.05) is 18.2 Å². The molecule has 39 heavy (non-hydrogen) atoms. The van der Waals surface area contributed by atoms with Crippen molar-refractivity contribution < 1.29 is 31.1 Å². The maximum Gasteiger partial charge on any atom is 0.387 e. The zero-order valence-corrected chi connectivity index (χ0v) is 21.6. The summed E-state index contributed by atoms with van der Waals surface area (Å²) in [6.45, 7) is -0.149. The number of rotatable bonds is 10. The van der Waals surface area contributed by atoms with Gasteiger partial charge in [-0.2, -0.15) is 8.78 Å². The highest BCUT2D eigenvalue weighted by molar-refractivity contribution is 5.86. The molecule has 212 valence electrons. The monoisotopic (exact) mass is 554 g/mol. The van der Waals surface area contributed by atoms with Crippen LogP contribution in [-0.4, -0.2) is 72.8 Å². The molecule has 3 aromatic rings. The van der Waals surface area contributed by atoms with E-state index in [0.29, 0.717) is 42.7 Å². The highest BCUT2D eigenvalue weighted by Crippen LogP contribution is 2.45. The van der Waals surface area contributed by atoms with Crippen LogP contribution in [-0.2, 0) is 6.42 Å². The molecule has 0 saturated carbocycles. The second-order valence-corrected chi connectivity index (χ2v) is 10.3. The lowest BCUT2D eigenvalue weighted by molar-refractivity contribution is -0.0515. The van der Waals surface area contributed by atoms with Crippen LogP contribution in [0.5, 0.6) is 5.75 Å². The highest BCUT2D eigenvalue weighted by Gasteiger charge is 2.39. The van der Waals surface area contributed by atoms with Crippen molar-refractivity contribution in [2.45, 2.75) is 57.3 Å². The minimum absolute atomic E-state index is 0.0446. The number of likely N-dealkylation sites (tertiary alicyclic amines) is 1. The molecule has 2 N–H and O–H groups in total.